The first-order valence-corrected chi connectivity index (χ1v) is 8.55. The highest BCUT2D eigenvalue weighted by Crippen LogP contribution is 2.16. The van der Waals surface area contributed by atoms with Gasteiger partial charge in [-0.25, -0.2) is 0 Å². The van der Waals surface area contributed by atoms with Crippen LogP contribution >= 0.6 is 0 Å². The summed E-state index contributed by atoms with van der Waals surface area (Å²) in [6.07, 6.45) is 3.42. The van der Waals surface area contributed by atoms with Crippen molar-refractivity contribution in [3.05, 3.63) is 29.8 Å². The van der Waals surface area contributed by atoms with Gasteiger partial charge in [0.25, 0.3) is 0 Å². The van der Waals surface area contributed by atoms with Gasteiger partial charge >= 0.3 is 0 Å². The van der Waals surface area contributed by atoms with Crippen molar-refractivity contribution >= 4 is 11.6 Å². The largest absolute Gasteiger partial charge is 0.394 e. The Bertz CT molecular complexity index is 478. The minimum Gasteiger partial charge on any atom is -0.394 e. The topological polar surface area (TPSA) is 64.6 Å². The number of carbonyl (C=O) groups is 1. The van der Waals surface area contributed by atoms with E-state index in [-0.39, 0.29) is 18.6 Å². The molecule has 5 heteroatoms. The van der Waals surface area contributed by atoms with Crippen molar-refractivity contribution in [3.63, 3.8) is 0 Å². The van der Waals surface area contributed by atoms with Gasteiger partial charge in [0, 0.05) is 11.7 Å². The summed E-state index contributed by atoms with van der Waals surface area (Å²) >= 11 is 0. The second-order valence-electron chi connectivity index (χ2n) is 6.45. The van der Waals surface area contributed by atoms with Gasteiger partial charge in [-0.3, -0.25) is 4.79 Å². The van der Waals surface area contributed by atoms with E-state index in [4.69, 9.17) is 5.11 Å². The van der Waals surface area contributed by atoms with Crippen molar-refractivity contribution in [2.45, 2.75) is 44.7 Å². The van der Waals surface area contributed by atoms with Crippen LogP contribution in [0.15, 0.2) is 24.3 Å². The highest BCUT2D eigenvalue weighted by Gasteiger charge is 2.16. The van der Waals surface area contributed by atoms with E-state index in [2.05, 4.69) is 22.6 Å². The van der Waals surface area contributed by atoms with Crippen LogP contribution in [-0.2, 0) is 11.2 Å². The van der Waals surface area contributed by atoms with Gasteiger partial charge in [-0.15, -0.1) is 0 Å². The number of nitrogens with zero attached hydrogens (tertiary/aromatic N) is 1. The highest BCUT2D eigenvalue weighted by atomic mass is 16.3. The lowest BCUT2D eigenvalue weighted by Gasteiger charge is -2.30. The number of benzene rings is 1. The van der Waals surface area contributed by atoms with Crippen molar-refractivity contribution < 1.29 is 9.90 Å². The molecule has 5 nitrogen and oxygen atoms in total. The summed E-state index contributed by atoms with van der Waals surface area (Å²) in [4.78, 5) is 14.3. The lowest BCUT2D eigenvalue weighted by molar-refractivity contribution is -0.121. The molecule has 0 radical (unpaired) electrons. The van der Waals surface area contributed by atoms with Gasteiger partial charge in [0.05, 0.1) is 19.1 Å². The molecule has 0 saturated carbocycles. The maximum Gasteiger partial charge on any atom is 0.224 e. The van der Waals surface area contributed by atoms with E-state index in [0.29, 0.717) is 12.5 Å². The molecule has 1 atom stereocenters. The van der Waals surface area contributed by atoms with E-state index in [9.17, 15) is 4.79 Å². The molecule has 0 bridgehead atoms. The zero-order valence-corrected chi connectivity index (χ0v) is 14.2. The van der Waals surface area contributed by atoms with Crippen LogP contribution in [-0.4, -0.2) is 54.7 Å². The van der Waals surface area contributed by atoms with E-state index in [0.717, 1.165) is 30.8 Å². The SMILES string of the molecule is CCC(CO)NC(=O)Cc1ccc(NC2CCN(C)CC2)cc1. The van der Waals surface area contributed by atoms with Gasteiger partial charge in [0.2, 0.25) is 5.91 Å². The maximum absolute atomic E-state index is 11.9. The fourth-order valence-electron chi connectivity index (χ4n) is 2.85. The first-order valence-electron chi connectivity index (χ1n) is 8.55. The van der Waals surface area contributed by atoms with Gasteiger partial charge in [0.15, 0.2) is 0 Å². The minimum absolute atomic E-state index is 0.0122. The van der Waals surface area contributed by atoms with Crippen LogP contribution in [0.2, 0.25) is 0 Å². The fourth-order valence-corrected chi connectivity index (χ4v) is 2.85. The number of likely N-dealkylation sites (tertiary alicyclic amines) is 1. The van der Waals surface area contributed by atoms with Crippen molar-refractivity contribution in [1.29, 1.82) is 0 Å². The molecule has 0 aliphatic carbocycles. The number of aliphatic hydroxyl groups excluding tert-OH is 1. The van der Waals surface area contributed by atoms with E-state index < -0.39 is 0 Å². The third kappa shape index (κ3) is 5.84. The lowest BCUT2D eigenvalue weighted by Crippen LogP contribution is -2.37. The number of aliphatic hydroxyl groups is 1. The molecule has 0 aromatic heterocycles. The average Bonchev–Trinajstić information content (AvgIpc) is 2.56. The Labute approximate surface area is 139 Å². The molecule has 3 N–H and O–H groups in total. The molecular formula is C18H29N3O2. The van der Waals surface area contributed by atoms with Gasteiger partial charge in [-0.1, -0.05) is 19.1 Å². The van der Waals surface area contributed by atoms with Crippen LogP contribution in [0.3, 0.4) is 0 Å². The number of nitrogens with one attached hydrogen (secondary N) is 2. The van der Waals surface area contributed by atoms with Crippen molar-refractivity contribution in [2.75, 3.05) is 32.1 Å². The Balaban J connectivity index is 1.81. The monoisotopic (exact) mass is 319 g/mol. The van der Waals surface area contributed by atoms with Crippen molar-refractivity contribution in [1.82, 2.24) is 10.2 Å². The zero-order valence-electron chi connectivity index (χ0n) is 14.2. The molecular weight excluding hydrogens is 290 g/mol. The molecule has 128 valence electrons. The first kappa shape index (κ1) is 17.8. The van der Waals surface area contributed by atoms with Crippen LogP contribution in [0.1, 0.15) is 31.7 Å². The molecule has 1 fully saturated rings. The second-order valence-corrected chi connectivity index (χ2v) is 6.45. The number of anilines is 1. The summed E-state index contributed by atoms with van der Waals surface area (Å²) in [5.41, 5.74) is 2.11. The number of carbonyl (C=O) groups excluding carboxylic acids is 1. The lowest BCUT2D eigenvalue weighted by atomic mass is 10.0. The molecule has 1 amide bonds. The quantitative estimate of drug-likeness (QED) is 0.715. The molecule has 23 heavy (non-hydrogen) atoms. The Kier molecular flexibility index (Phi) is 6.86. The predicted octanol–water partition coefficient (Wildman–Crippen LogP) is 1.62. The standard InChI is InChI=1S/C18H29N3O2/c1-3-15(13-22)20-18(23)12-14-4-6-16(7-5-14)19-17-8-10-21(2)11-9-17/h4-7,15,17,19,22H,3,8-13H2,1-2H3,(H,20,23). The molecule has 1 saturated heterocycles. The Morgan fingerprint density at radius 3 is 2.52 bits per heavy atom. The number of amides is 1. The van der Waals surface area contributed by atoms with Crippen LogP contribution in [0.5, 0.6) is 0 Å². The summed E-state index contributed by atoms with van der Waals surface area (Å²) in [5, 5.41) is 15.5. The number of piperidine rings is 1. The van der Waals surface area contributed by atoms with Gasteiger partial charge < -0.3 is 20.6 Å². The molecule has 1 aromatic carbocycles. The smallest absolute Gasteiger partial charge is 0.224 e. The number of hydrogen-bond acceptors (Lipinski definition) is 4. The van der Waals surface area contributed by atoms with Gasteiger partial charge in [-0.05, 0) is 57.1 Å². The maximum atomic E-state index is 11.9. The molecule has 1 unspecified atom stereocenters. The number of rotatable bonds is 7. The highest BCUT2D eigenvalue weighted by molar-refractivity contribution is 5.79. The Morgan fingerprint density at radius 2 is 1.96 bits per heavy atom. The van der Waals surface area contributed by atoms with E-state index in [1.54, 1.807) is 0 Å². The molecule has 1 aliphatic rings. The number of hydrogen-bond donors (Lipinski definition) is 3. The minimum atomic E-state index is -0.145. The van der Waals surface area contributed by atoms with Crippen LogP contribution in [0.25, 0.3) is 0 Å². The fraction of sp³-hybridized carbons (Fsp3) is 0.611. The van der Waals surface area contributed by atoms with E-state index in [1.165, 1.54) is 12.8 Å². The summed E-state index contributed by atoms with van der Waals surface area (Å²) in [7, 11) is 2.16. The average molecular weight is 319 g/mol. The molecule has 1 aromatic rings. The first-order chi connectivity index (χ1) is 11.1. The third-order valence-corrected chi connectivity index (χ3v) is 4.49. The predicted molar refractivity (Wildman–Crippen MR) is 93.6 cm³/mol. The van der Waals surface area contributed by atoms with Crippen LogP contribution in [0.4, 0.5) is 5.69 Å². The Morgan fingerprint density at radius 1 is 1.30 bits per heavy atom. The van der Waals surface area contributed by atoms with Crippen molar-refractivity contribution in [2.24, 2.45) is 0 Å². The van der Waals surface area contributed by atoms with Crippen LogP contribution < -0.4 is 10.6 Å². The second kappa shape index (κ2) is 8.89. The van der Waals surface area contributed by atoms with Gasteiger partial charge in [-0.2, -0.15) is 0 Å². The third-order valence-electron chi connectivity index (χ3n) is 4.49. The summed E-state index contributed by atoms with van der Waals surface area (Å²) in [6, 6.07) is 8.48. The summed E-state index contributed by atoms with van der Waals surface area (Å²) < 4.78 is 0. The molecule has 1 aliphatic heterocycles. The molecule has 1 heterocycles. The molecule has 2 rings (SSSR count). The summed E-state index contributed by atoms with van der Waals surface area (Å²) in [5.74, 6) is -0.0399. The Hall–Kier alpha value is -1.59. The van der Waals surface area contributed by atoms with Crippen LogP contribution in [0, 0.1) is 0 Å². The zero-order chi connectivity index (χ0) is 16.7. The molecule has 0 spiro atoms. The normalized spacial score (nSPS) is 17.7. The van der Waals surface area contributed by atoms with E-state index in [1.807, 2.05) is 31.2 Å². The van der Waals surface area contributed by atoms with Crippen molar-refractivity contribution in [3.8, 4) is 0 Å². The van der Waals surface area contributed by atoms with E-state index >= 15 is 0 Å². The summed E-state index contributed by atoms with van der Waals surface area (Å²) in [6.45, 7) is 4.21. The van der Waals surface area contributed by atoms with Gasteiger partial charge in [0.1, 0.15) is 0 Å².